The summed E-state index contributed by atoms with van der Waals surface area (Å²) in [5.41, 5.74) is 0. The Bertz CT molecular complexity index is 854. The number of hydrogen-bond acceptors (Lipinski definition) is 5. The summed E-state index contributed by atoms with van der Waals surface area (Å²) in [6.45, 7) is 4.34. The van der Waals surface area contributed by atoms with Crippen molar-refractivity contribution < 1.29 is 31.5 Å². The minimum absolute atomic E-state index is 0.0991. The number of sulfonamides is 1. The molecule has 1 aromatic carbocycles. The Morgan fingerprint density at radius 3 is 2.38 bits per heavy atom. The Balaban J connectivity index is 2.02. The number of nitrogens with zero attached hydrogens (tertiary/aromatic N) is 2. The molecule has 162 valence electrons. The average molecular weight is 432 g/mol. The van der Waals surface area contributed by atoms with Crippen LogP contribution in [-0.4, -0.2) is 62.8 Å². The largest absolute Gasteiger partial charge is 0.469 e. The third-order valence-corrected chi connectivity index (χ3v) is 7.02. The van der Waals surface area contributed by atoms with Crippen molar-refractivity contribution in [3.63, 3.8) is 0 Å². The van der Waals surface area contributed by atoms with Crippen molar-refractivity contribution in [3.05, 3.63) is 29.8 Å². The summed E-state index contributed by atoms with van der Waals surface area (Å²) in [6, 6.07) is 2.47. The Labute approximate surface area is 169 Å². The molecule has 1 unspecified atom stereocenters. The number of rotatable bonds is 7. The Morgan fingerprint density at radius 2 is 1.86 bits per heavy atom. The van der Waals surface area contributed by atoms with Crippen LogP contribution in [0.15, 0.2) is 23.1 Å². The van der Waals surface area contributed by atoms with Crippen molar-refractivity contribution in [3.8, 4) is 0 Å². The molecule has 10 heteroatoms. The standard InChI is InChI=1S/C19H26F2N2O5S/c1-4-22(12-13(2)19(25)28-3)18(24)14-7-9-23(10-8-14)29(26,27)15-5-6-16(20)17(21)11-15/h5-6,11,13-14H,4,7-10,12H2,1-3H3. The van der Waals surface area contributed by atoms with Crippen molar-refractivity contribution in [2.45, 2.75) is 31.6 Å². The first-order valence-electron chi connectivity index (χ1n) is 9.43. The maximum Gasteiger partial charge on any atom is 0.310 e. The molecule has 1 amide bonds. The summed E-state index contributed by atoms with van der Waals surface area (Å²) in [7, 11) is -2.68. The van der Waals surface area contributed by atoms with Crippen molar-refractivity contribution in [1.82, 2.24) is 9.21 Å². The maximum atomic E-state index is 13.4. The van der Waals surface area contributed by atoms with Crippen LogP contribution in [0.4, 0.5) is 8.78 Å². The highest BCUT2D eigenvalue weighted by Crippen LogP contribution is 2.26. The van der Waals surface area contributed by atoms with Crippen LogP contribution >= 0.6 is 0 Å². The number of ether oxygens (including phenoxy) is 1. The van der Waals surface area contributed by atoms with Crippen LogP contribution in [0, 0.1) is 23.5 Å². The number of methoxy groups -OCH3 is 1. The fraction of sp³-hybridized carbons (Fsp3) is 0.579. The number of benzene rings is 1. The van der Waals surface area contributed by atoms with E-state index >= 15 is 0 Å². The molecular formula is C19H26F2N2O5S. The molecule has 0 bridgehead atoms. The van der Waals surface area contributed by atoms with Gasteiger partial charge in [-0.25, -0.2) is 17.2 Å². The molecule has 1 aliphatic rings. The van der Waals surface area contributed by atoms with E-state index in [1.54, 1.807) is 11.8 Å². The van der Waals surface area contributed by atoms with Crippen LogP contribution in [0.2, 0.25) is 0 Å². The SMILES string of the molecule is CCN(CC(C)C(=O)OC)C(=O)C1CCN(S(=O)(=O)c2ccc(F)c(F)c2)CC1. The number of hydrogen-bond donors (Lipinski definition) is 0. The van der Waals surface area contributed by atoms with Crippen LogP contribution in [0.1, 0.15) is 26.7 Å². The van der Waals surface area contributed by atoms with Gasteiger partial charge in [0.25, 0.3) is 0 Å². The number of halogens is 2. The van der Waals surface area contributed by atoms with Gasteiger partial charge in [-0.1, -0.05) is 6.92 Å². The van der Waals surface area contributed by atoms with Gasteiger partial charge in [0, 0.05) is 32.1 Å². The van der Waals surface area contributed by atoms with E-state index in [0.717, 1.165) is 12.1 Å². The van der Waals surface area contributed by atoms with E-state index in [2.05, 4.69) is 0 Å². The molecule has 0 N–H and O–H groups in total. The number of carbonyl (C=O) groups excluding carboxylic acids is 2. The Hall–Kier alpha value is -2.07. The lowest BCUT2D eigenvalue weighted by molar-refractivity contribution is -0.147. The van der Waals surface area contributed by atoms with E-state index in [-0.39, 0.29) is 36.4 Å². The van der Waals surface area contributed by atoms with Crippen LogP contribution < -0.4 is 0 Å². The highest BCUT2D eigenvalue weighted by molar-refractivity contribution is 7.89. The van der Waals surface area contributed by atoms with Gasteiger partial charge in [-0.05, 0) is 38.0 Å². The van der Waals surface area contributed by atoms with E-state index in [4.69, 9.17) is 4.74 Å². The molecule has 0 aliphatic carbocycles. The second-order valence-corrected chi connectivity index (χ2v) is 8.99. The zero-order valence-electron chi connectivity index (χ0n) is 16.7. The predicted octanol–water partition coefficient (Wildman–Crippen LogP) is 2.02. The third kappa shape index (κ3) is 5.30. The van der Waals surface area contributed by atoms with E-state index in [1.807, 2.05) is 6.92 Å². The predicted molar refractivity (Wildman–Crippen MR) is 101 cm³/mol. The smallest absolute Gasteiger partial charge is 0.310 e. The summed E-state index contributed by atoms with van der Waals surface area (Å²) in [6.07, 6.45) is 0.621. The average Bonchev–Trinajstić information content (AvgIpc) is 2.72. The molecule has 1 saturated heterocycles. The van der Waals surface area contributed by atoms with Gasteiger partial charge in [-0.2, -0.15) is 4.31 Å². The van der Waals surface area contributed by atoms with Crippen molar-refractivity contribution in [2.24, 2.45) is 11.8 Å². The zero-order chi connectivity index (χ0) is 21.8. The lowest BCUT2D eigenvalue weighted by Crippen LogP contribution is -2.46. The van der Waals surface area contributed by atoms with Gasteiger partial charge in [0.2, 0.25) is 15.9 Å². The van der Waals surface area contributed by atoms with Gasteiger partial charge in [0.1, 0.15) is 0 Å². The number of amides is 1. The van der Waals surface area contributed by atoms with E-state index in [1.165, 1.54) is 11.4 Å². The van der Waals surface area contributed by atoms with Crippen molar-refractivity contribution >= 4 is 21.9 Å². The number of esters is 1. The van der Waals surface area contributed by atoms with Gasteiger partial charge in [-0.15, -0.1) is 0 Å². The molecule has 0 radical (unpaired) electrons. The fourth-order valence-corrected chi connectivity index (χ4v) is 4.85. The van der Waals surface area contributed by atoms with E-state index in [9.17, 15) is 26.8 Å². The highest BCUT2D eigenvalue weighted by Gasteiger charge is 2.34. The van der Waals surface area contributed by atoms with Gasteiger partial charge in [0.15, 0.2) is 11.6 Å². The highest BCUT2D eigenvalue weighted by atomic mass is 32.2. The van der Waals surface area contributed by atoms with Crippen molar-refractivity contribution in [2.75, 3.05) is 33.3 Å². The van der Waals surface area contributed by atoms with Gasteiger partial charge in [0.05, 0.1) is 17.9 Å². The molecule has 2 rings (SSSR count). The first-order chi connectivity index (χ1) is 13.6. The molecule has 0 spiro atoms. The van der Waals surface area contributed by atoms with E-state index < -0.39 is 33.5 Å². The maximum absolute atomic E-state index is 13.4. The quantitative estimate of drug-likeness (QED) is 0.616. The van der Waals surface area contributed by atoms with Crippen molar-refractivity contribution in [1.29, 1.82) is 0 Å². The minimum Gasteiger partial charge on any atom is -0.469 e. The topological polar surface area (TPSA) is 84.0 Å². The normalized spacial score (nSPS) is 17.0. The summed E-state index contributed by atoms with van der Waals surface area (Å²) in [5.74, 6) is -3.70. The summed E-state index contributed by atoms with van der Waals surface area (Å²) >= 11 is 0. The lowest BCUT2D eigenvalue weighted by Gasteiger charge is -2.34. The van der Waals surface area contributed by atoms with Gasteiger partial charge in [-0.3, -0.25) is 9.59 Å². The zero-order valence-corrected chi connectivity index (χ0v) is 17.5. The monoisotopic (exact) mass is 432 g/mol. The fourth-order valence-electron chi connectivity index (χ4n) is 3.37. The molecule has 1 atom stereocenters. The number of piperidine rings is 1. The molecule has 1 fully saturated rings. The molecular weight excluding hydrogens is 406 g/mol. The molecule has 7 nitrogen and oxygen atoms in total. The summed E-state index contributed by atoms with van der Waals surface area (Å²) in [4.78, 5) is 25.7. The molecule has 0 saturated carbocycles. The van der Waals surface area contributed by atoms with Crippen LogP contribution in [-0.2, 0) is 24.3 Å². The molecule has 1 heterocycles. The Morgan fingerprint density at radius 1 is 1.24 bits per heavy atom. The second-order valence-electron chi connectivity index (χ2n) is 7.06. The van der Waals surface area contributed by atoms with Crippen LogP contribution in [0.5, 0.6) is 0 Å². The van der Waals surface area contributed by atoms with Crippen LogP contribution in [0.25, 0.3) is 0 Å². The van der Waals surface area contributed by atoms with E-state index in [0.29, 0.717) is 25.5 Å². The third-order valence-electron chi connectivity index (χ3n) is 5.12. The first kappa shape index (κ1) is 23.2. The molecule has 0 aromatic heterocycles. The molecule has 1 aromatic rings. The lowest BCUT2D eigenvalue weighted by atomic mass is 9.96. The van der Waals surface area contributed by atoms with Gasteiger partial charge >= 0.3 is 5.97 Å². The van der Waals surface area contributed by atoms with Crippen LogP contribution in [0.3, 0.4) is 0 Å². The Kier molecular flexibility index (Phi) is 7.70. The molecule has 29 heavy (non-hydrogen) atoms. The van der Waals surface area contributed by atoms with Gasteiger partial charge < -0.3 is 9.64 Å². The first-order valence-corrected chi connectivity index (χ1v) is 10.9. The second kappa shape index (κ2) is 9.62. The minimum atomic E-state index is -3.97. The summed E-state index contributed by atoms with van der Waals surface area (Å²) in [5, 5.41) is 0. The number of carbonyl (C=O) groups is 2. The molecule has 1 aliphatic heterocycles. The summed E-state index contributed by atoms with van der Waals surface area (Å²) < 4.78 is 57.7.